The standard InChI is InChI=1S/C9H10BF3/c1-6(10)7-4-2-3-5-8(7)9(11,12)13/h2,4,6H,3,5H2,1H3. The average Bonchev–Trinajstić information content (AvgIpc) is 2.03. The predicted octanol–water partition coefficient (Wildman–Crippen LogP) is 3.17. The molecule has 0 saturated carbocycles. The summed E-state index contributed by atoms with van der Waals surface area (Å²) in [5.74, 6) is -0.548. The van der Waals surface area contributed by atoms with Crippen molar-refractivity contribution >= 4 is 7.85 Å². The van der Waals surface area contributed by atoms with E-state index in [1.807, 2.05) is 0 Å². The van der Waals surface area contributed by atoms with Crippen LogP contribution in [0.1, 0.15) is 19.8 Å². The molecule has 0 aromatic rings. The number of alkyl halides is 3. The molecule has 0 fully saturated rings. The summed E-state index contributed by atoms with van der Waals surface area (Å²) in [5, 5.41) is 0. The van der Waals surface area contributed by atoms with Gasteiger partial charge in [-0.25, -0.2) is 0 Å². The second-order valence-corrected chi connectivity index (χ2v) is 3.16. The van der Waals surface area contributed by atoms with Crippen LogP contribution < -0.4 is 0 Å². The van der Waals surface area contributed by atoms with E-state index in [2.05, 4.69) is 0 Å². The molecule has 0 heterocycles. The molecule has 1 rings (SSSR count). The molecule has 1 atom stereocenters. The summed E-state index contributed by atoms with van der Waals surface area (Å²) < 4.78 is 37.2. The smallest absolute Gasteiger partial charge is 0.166 e. The van der Waals surface area contributed by atoms with Gasteiger partial charge in [0.15, 0.2) is 0 Å². The molecular formula is C9H10BF3. The van der Waals surface area contributed by atoms with Crippen LogP contribution in [0.4, 0.5) is 13.2 Å². The minimum atomic E-state index is -4.23. The van der Waals surface area contributed by atoms with E-state index in [0.29, 0.717) is 6.42 Å². The van der Waals surface area contributed by atoms with Crippen LogP contribution in [0.25, 0.3) is 0 Å². The molecule has 4 heteroatoms. The van der Waals surface area contributed by atoms with Crippen molar-refractivity contribution in [3.63, 3.8) is 0 Å². The SMILES string of the molecule is [B]C(C)C1=C(C(F)(F)F)CCC=C1. The first kappa shape index (κ1) is 10.4. The van der Waals surface area contributed by atoms with Gasteiger partial charge >= 0.3 is 6.18 Å². The van der Waals surface area contributed by atoms with Gasteiger partial charge in [-0.15, -0.1) is 0 Å². The first-order valence-corrected chi connectivity index (χ1v) is 4.15. The summed E-state index contributed by atoms with van der Waals surface area (Å²) in [7, 11) is 5.45. The van der Waals surface area contributed by atoms with Crippen LogP contribution in [-0.4, -0.2) is 14.0 Å². The molecular weight excluding hydrogens is 176 g/mol. The van der Waals surface area contributed by atoms with Gasteiger partial charge in [0, 0.05) is 5.57 Å². The minimum absolute atomic E-state index is 0.0525. The van der Waals surface area contributed by atoms with Crippen molar-refractivity contribution in [3.8, 4) is 0 Å². The highest BCUT2D eigenvalue weighted by molar-refractivity contribution is 6.13. The van der Waals surface area contributed by atoms with Crippen LogP contribution in [-0.2, 0) is 0 Å². The lowest BCUT2D eigenvalue weighted by Gasteiger charge is -2.21. The highest BCUT2D eigenvalue weighted by Crippen LogP contribution is 2.37. The Bertz CT molecular complexity index is 248. The van der Waals surface area contributed by atoms with Gasteiger partial charge in [-0.2, -0.15) is 13.2 Å². The maximum atomic E-state index is 12.4. The van der Waals surface area contributed by atoms with Gasteiger partial charge in [-0.3, -0.25) is 0 Å². The van der Waals surface area contributed by atoms with Gasteiger partial charge in [-0.1, -0.05) is 24.9 Å². The first-order chi connectivity index (χ1) is 5.93. The van der Waals surface area contributed by atoms with Crippen LogP contribution in [0, 0.1) is 0 Å². The van der Waals surface area contributed by atoms with Gasteiger partial charge < -0.3 is 0 Å². The fourth-order valence-electron chi connectivity index (χ4n) is 1.41. The van der Waals surface area contributed by atoms with Crippen molar-refractivity contribution in [1.29, 1.82) is 0 Å². The van der Waals surface area contributed by atoms with Crippen molar-refractivity contribution in [1.82, 2.24) is 0 Å². The Kier molecular flexibility index (Phi) is 2.89. The summed E-state index contributed by atoms with van der Waals surface area (Å²) >= 11 is 0. The zero-order valence-electron chi connectivity index (χ0n) is 7.36. The number of hydrogen-bond donors (Lipinski definition) is 0. The molecule has 70 valence electrons. The number of hydrogen-bond acceptors (Lipinski definition) is 0. The second-order valence-electron chi connectivity index (χ2n) is 3.16. The molecule has 0 aliphatic heterocycles. The summed E-state index contributed by atoms with van der Waals surface area (Å²) in [6.45, 7) is 1.57. The Morgan fingerprint density at radius 2 is 2.08 bits per heavy atom. The monoisotopic (exact) mass is 186 g/mol. The van der Waals surface area contributed by atoms with Crippen molar-refractivity contribution in [2.75, 3.05) is 0 Å². The van der Waals surface area contributed by atoms with Crippen LogP contribution in [0.15, 0.2) is 23.3 Å². The van der Waals surface area contributed by atoms with Gasteiger partial charge in [0.05, 0.1) is 7.85 Å². The lowest BCUT2D eigenvalue weighted by molar-refractivity contribution is -0.0948. The van der Waals surface area contributed by atoms with Crippen LogP contribution in [0.5, 0.6) is 0 Å². The molecule has 1 unspecified atom stereocenters. The molecule has 0 bridgehead atoms. The van der Waals surface area contributed by atoms with Crippen molar-refractivity contribution in [3.05, 3.63) is 23.3 Å². The Labute approximate surface area is 76.9 Å². The third-order valence-corrected chi connectivity index (χ3v) is 2.04. The van der Waals surface area contributed by atoms with Gasteiger partial charge in [0.25, 0.3) is 0 Å². The first-order valence-electron chi connectivity index (χ1n) is 4.15. The van der Waals surface area contributed by atoms with Crippen molar-refractivity contribution < 1.29 is 13.2 Å². The molecule has 0 aromatic carbocycles. The predicted molar refractivity (Wildman–Crippen MR) is 46.6 cm³/mol. The summed E-state index contributed by atoms with van der Waals surface area (Å²) in [4.78, 5) is 0. The number of allylic oxidation sites excluding steroid dienone is 4. The van der Waals surface area contributed by atoms with Crippen LogP contribution in [0.2, 0.25) is 5.82 Å². The van der Waals surface area contributed by atoms with E-state index in [0.717, 1.165) is 0 Å². The molecule has 1 aliphatic carbocycles. The quantitative estimate of drug-likeness (QED) is 0.551. The molecule has 0 spiro atoms. The average molecular weight is 186 g/mol. The summed E-state index contributed by atoms with van der Waals surface area (Å²) in [6.07, 6.45) is -0.513. The van der Waals surface area contributed by atoms with Crippen molar-refractivity contribution in [2.24, 2.45) is 0 Å². The Morgan fingerprint density at radius 3 is 2.46 bits per heavy atom. The molecule has 0 amide bonds. The zero-order valence-corrected chi connectivity index (χ0v) is 7.36. The normalized spacial score (nSPS) is 20.6. The molecule has 1 aliphatic rings. The maximum absolute atomic E-state index is 12.4. The topological polar surface area (TPSA) is 0 Å². The molecule has 0 N–H and O–H groups in total. The third kappa shape index (κ3) is 2.39. The zero-order chi connectivity index (χ0) is 10.1. The lowest BCUT2D eigenvalue weighted by atomic mass is 9.77. The van der Waals surface area contributed by atoms with E-state index in [1.54, 1.807) is 13.0 Å². The highest BCUT2D eigenvalue weighted by atomic mass is 19.4. The number of halogens is 3. The molecule has 0 nitrogen and oxygen atoms in total. The van der Waals surface area contributed by atoms with Gasteiger partial charge in [0.2, 0.25) is 0 Å². The lowest BCUT2D eigenvalue weighted by Crippen LogP contribution is -2.17. The minimum Gasteiger partial charge on any atom is -0.166 e. The fourth-order valence-corrected chi connectivity index (χ4v) is 1.41. The summed E-state index contributed by atoms with van der Waals surface area (Å²) in [5.41, 5.74) is -0.247. The molecule has 13 heavy (non-hydrogen) atoms. The largest absolute Gasteiger partial charge is 0.412 e. The van der Waals surface area contributed by atoms with E-state index in [-0.39, 0.29) is 12.0 Å². The second kappa shape index (κ2) is 3.60. The Balaban J connectivity index is 3.05. The van der Waals surface area contributed by atoms with Gasteiger partial charge in [-0.05, 0) is 18.4 Å². The molecule has 0 aromatic heterocycles. The van der Waals surface area contributed by atoms with E-state index in [1.165, 1.54) is 6.08 Å². The van der Waals surface area contributed by atoms with E-state index < -0.39 is 17.6 Å². The summed E-state index contributed by atoms with van der Waals surface area (Å²) in [6, 6.07) is 0. The van der Waals surface area contributed by atoms with Gasteiger partial charge in [0.1, 0.15) is 0 Å². The molecule has 2 radical (unpaired) electrons. The van der Waals surface area contributed by atoms with E-state index in [9.17, 15) is 13.2 Å². The third-order valence-electron chi connectivity index (χ3n) is 2.04. The fraction of sp³-hybridized carbons (Fsp3) is 0.556. The maximum Gasteiger partial charge on any atom is 0.412 e. The highest BCUT2D eigenvalue weighted by Gasteiger charge is 2.36. The Hall–Kier alpha value is -0.665. The van der Waals surface area contributed by atoms with Crippen molar-refractivity contribution in [2.45, 2.75) is 31.8 Å². The van der Waals surface area contributed by atoms with E-state index in [4.69, 9.17) is 7.85 Å². The molecule has 0 saturated heterocycles. The number of rotatable bonds is 1. The van der Waals surface area contributed by atoms with Crippen LogP contribution >= 0.6 is 0 Å². The Morgan fingerprint density at radius 1 is 1.46 bits per heavy atom. The van der Waals surface area contributed by atoms with Crippen LogP contribution in [0.3, 0.4) is 0 Å². The van der Waals surface area contributed by atoms with E-state index >= 15 is 0 Å².